The SMILES string of the molecule is C=CC(C)NC1CC(OC)C1. The normalized spacial score (nSPS) is 32.5. The molecule has 0 aromatic heterocycles. The lowest BCUT2D eigenvalue weighted by Crippen LogP contribution is -2.47. The Morgan fingerprint density at radius 2 is 2.27 bits per heavy atom. The first-order chi connectivity index (χ1) is 5.26. The summed E-state index contributed by atoms with van der Waals surface area (Å²) in [6, 6.07) is 1.07. The second-order valence-corrected chi connectivity index (χ2v) is 3.22. The van der Waals surface area contributed by atoms with Gasteiger partial charge in [-0.1, -0.05) is 6.08 Å². The van der Waals surface area contributed by atoms with Gasteiger partial charge in [0.1, 0.15) is 0 Å². The Morgan fingerprint density at radius 3 is 2.73 bits per heavy atom. The molecule has 0 saturated heterocycles. The zero-order valence-corrected chi connectivity index (χ0v) is 7.34. The molecular weight excluding hydrogens is 138 g/mol. The van der Waals surface area contributed by atoms with Crippen LogP contribution < -0.4 is 5.32 Å². The Kier molecular flexibility index (Phi) is 3.09. The minimum atomic E-state index is 0.429. The summed E-state index contributed by atoms with van der Waals surface area (Å²) in [5, 5.41) is 3.43. The molecule has 1 aliphatic rings. The molecule has 1 unspecified atom stereocenters. The first-order valence-corrected chi connectivity index (χ1v) is 4.17. The van der Waals surface area contributed by atoms with Gasteiger partial charge in [-0.25, -0.2) is 0 Å². The molecule has 0 aromatic rings. The second kappa shape index (κ2) is 3.88. The minimum absolute atomic E-state index is 0.429. The van der Waals surface area contributed by atoms with Gasteiger partial charge < -0.3 is 10.1 Å². The zero-order chi connectivity index (χ0) is 8.27. The van der Waals surface area contributed by atoms with Crippen molar-refractivity contribution in [1.29, 1.82) is 0 Å². The van der Waals surface area contributed by atoms with E-state index in [1.54, 1.807) is 7.11 Å². The third kappa shape index (κ3) is 2.31. The first kappa shape index (κ1) is 8.75. The van der Waals surface area contributed by atoms with E-state index in [2.05, 4.69) is 18.8 Å². The van der Waals surface area contributed by atoms with Crippen molar-refractivity contribution < 1.29 is 4.74 Å². The van der Waals surface area contributed by atoms with E-state index in [1.807, 2.05) is 6.08 Å². The zero-order valence-electron chi connectivity index (χ0n) is 7.34. The predicted octanol–water partition coefficient (Wildman–Crippen LogP) is 1.33. The van der Waals surface area contributed by atoms with Gasteiger partial charge in [-0.05, 0) is 19.8 Å². The highest BCUT2D eigenvalue weighted by molar-refractivity contribution is 4.91. The van der Waals surface area contributed by atoms with Crippen molar-refractivity contribution in [3.8, 4) is 0 Å². The highest BCUT2D eigenvalue weighted by Crippen LogP contribution is 2.22. The van der Waals surface area contributed by atoms with Crippen LogP contribution in [0, 0.1) is 0 Å². The van der Waals surface area contributed by atoms with E-state index in [-0.39, 0.29) is 0 Å². The second-order valence-electron chi connectivity index (χ2n) is 3.22. The van der Waals surface area contributed by atoms with Crippen LogP contribution >= 0.6 is 0 Å². The number of hydrogen-bond donors (Lipinski definition) is 1. The Hall–Kier alpha value is -0.340. The molecule has 0 bridgehead atoms. The molecule has 2 nitrogen and oxygen atoms in total. The molecule has 1 atom stereocenters. The number of ether oxygens (including phenoxy) is 1. The lowest BCUT2D eigenvalue weighted by molar-refractivity contribution is 0.0161. The fraction of sp³-hybridized carbons (Fsp3) is 0.778. The van der Waals surface area contributed by atoms with Crippen molar-refractivity contribution in [2.24, 2.45) is 0 Å². The van der Waals surface area contributed by atoms with E-state index in [9.17, 15) is 0 Å². The van der Waals surface area contributed by atoms with Crippen LogP contribution in [0.25, 0.3) is 0 Å². The summed E-state index contributed by atoms with van der Waals surface area (Å²) in [6.45, 7) is 5.84. The van der Waals surface area contributed by atoms with Gasteiger partial charge in [-0.3, -0.25) is 0 Å². The van der Waals surface area contributed by atoms with E-state index >= 15 is 0 Å². The van der Waals surface area contributed by atoms with Crippen molar-refractivity contribution in [2.45, 2.75) is 38.0 Å². The fourth-order valence-corrected chi connectivity index (χ4v) is 1.33. The standard InChI is InChI=1S/C9H17NO/c1-4-7(2)10-8-5-9(6-8)11-3/h4,7-10H,1,5-6H2,2-3H3. The summed E-state index contributed by atoms with van der Waals surface area (Å²) in [4.78, 5) is 0. The van der Waals surface area contributed by atoms with Crippen LogP contribution in [0.3, 0.4) is 0 Å². The molecule has 0 heterocycles. The molecule has 0 aromatic carbocycles. The molecule has 0 radical (unpaired) electrons. The lowest BCUT2D eigenvalue weighted by Gasteiger charge is -2.36. The smallest absolute Gasteiger partial charge is 0.0601 e. The molecule has 0 amide bonds. The lowest BCUT2D eigenvalue weighted by atomic mass is 9.89. The maximum atomic E-state index is 5.17. The Labute approximate surface area is 68.6 Å². The average molecular weight is 155 g/mol. The summed E-state index contributed by atoms with van der Waals surface area (Å²) < 4.78 is 5.17. The van der Waals surface area contributed by atoms with Crippen LogP contribution in [0.1, 0.15) is 19.8 Å². The Balaban J connectivity index is 2.08. The summed E-state index contributed by atoms with van der Waals surface area (Å²) in [5.41, 5.74) is 0. The van der Waals surface area contributed by atoms with Crippen LogP contribution in [0.15, 0.2) is 12.7 Å². The molecule has 64 valence electrons. The van der Waals surface area contributed by atoms with Gasteiger partial charge >= 0.3 is 0 Å². The summed E-state index contributed by atoms with van der Waals surface area (Å²) in [7, 11) is 1.78. The molecule has 11 heavy (non-hydrogen) atoms. The molecule has 1 aliphatic carbocycles. The van der Waals surface area contributed by atoms with E-state index in [0.717, 1.165) is 12.8 Å². The molecule has 1 saturated carbocycles. The summed E-state index contributed by atoms with van der Waals surface area (Å²) in [6.07, 6.45) is 4.72. The van der Waals surface area contributed by atoms with Gasteiger partial charge in [0, 0.05) is 19.2 Å². The highest BCUT2D eigenvalue weighted by atomic mass is 16.5. The molecule has 1 rings (SSSR count). The van der Waals surface area contributed by atoms with Crippen molar-refractivity contribution >= 4 is 0 Å². The van der Waals surface area contributed by atoms with Gasteiger partial charge in [-0.2, -0.15) is 0 Å². The van der Waals surface area contributed by atoms with Gasteiger partial charge in [0.25, 0.3) is 0 Å². The number of hydrogen-bond acceptors (Lipinski definition) is 2. The van der Waals surface area contributed by atoms with Gasteiger partial charge in [0.15, 0.2) is 0 Å². The topological polar surface area (TPSA) is 21.3 Å². The molecule has 0 aliphatic heterocycles. The third-order valence-electron chi connectivity index (χ3n) is 2.28. The Morgan fingerprint density at radius 1 is 1.64 bits per heavy atom. The molecule has 0 spiro atoms. The third-order valence-corrected chi connectivity index (χ3v) is 2.28. The summed E-state index contributed by atoms with van der Waals surface area (Å²) >= 11 is 0. The maximum absolute atomic E-state index is 5.17. The fourth-order valence-electron chi connectivity index (χ4n) is 1.33. The quantitative estimate of drug-likeness (QED) is 0.618. The number of nitrogens with one attached hydrogen (secondary N) is 1. The number of rotatable bonds is 4. The van der Waals surface area contributed by atoms with Gasteiger partial charge in [0.2, 0.25) is 0 Å². The van der Waals surface area contributed by atoms with E-state index in [1.165, 1.54) is 0 Å². The van der Waals surface area contributed by atoms with Crippen molar-refractivity contribution in [1.82, 2.24) is 5.32 Å². The average Bonchev–Trinajstić information content (AvgIpc) is 1.95. The molecule has 1 N–H and O–H groups in total. The minimum Gasteiger partial charge on any atom is -0.381 e. The molecule has 2 heteroatoms. The van der Waals surface area contributed by atoms with E-state index in [4.69, 9.17) is 4.74 Å². The summed E-state index contributed by atoms with van der Waals surface area (Å²) in [5.74, 6) is 0. The largest absolute Gasteiger partial charge is 0.381 e. The molecule has 1 fully saturated rings. The van der Waals surface area contributed by atoms with Crippen LogP contribution in [-0.4, -0.2) is 25.3 Å². The van der Waals surface area contributed by atoms with Crippen LogP contribution in [0.4, 0.5) is 0 Å². The van der Waals surface area contributed by atoms with E-state index in [0.29, 0.717) is 18.2 Å². The maximum Gasteiger partial charge on any atom is 0.0601 e. The highest BCUT2D eigenvalue weighted by Gasteiger charge is 2.28. The van der Waals surface area contributed by atoms with Gasteiger partial charge in [0.05, 0.1) is 6.10 Å². The van der Waals surface area contributed by atoms with Gasteiger partial charge in [-0.15, -0.1) is 6.58 Å². The monoisotopic (exact) mass is 155 g/mol. The number of methoxy groups -OCH3 is 1. The van der Waals surface area contributed by atoms with Crippen LogP contribution in [0.5, 0.6) is 0 Å². The first-order valence-electron chi connectivity index (χ1n) is 4.17. The van der Waals surface area contributed by atoms with E-state index < -0.39 is 0 Å². The molecular formula is C9H17NO. The van der Waals surface area contributed by atoms with Crippen molar-refractivity contribution in [2.75, 3.05) is 7.11 Å². The predicted molar refractivity (Wildman–Crippen MR) is 46.6 cm³/mol. The van der Waals surface area contributed by atoms with Crippen molar-refractivity contribution in [3.63, 3.8) is 0 Å². The van der Waals surface area contributed by atoms with Crippen LogP contribution in [-0.2, 0) is 4.74 Å². The van der Waals surface area contributed by atoms with Crippen LogP contribution in [0.2, 0.25) is 0 Å². The Bertz CT molecular complexity index is 130. The van der Waals surface area contributed by atoms with Crippen molar-refractivity contribution in [3.05, 3.63) is 12.7 Å².